The molecule has 1 unspecified atom stereocenters. The Morgan fingerprint density at radius 1 is 1.29 bits per heavy atom. The van der Waals surface area contributed by atoms with Crippen LogP contribution in [-0.2, 0) is 16.6 Å². The highest BCUT2D eigenvalue weighted by atomic mass is 32.2. The Balaban J connectivity index is 2.18. The molecule has 1 aliphatic rings. The summed E-state index contributed by atoms with van der Waals surface area (Å²) in [6.45, 7) is 7.11. The third-order valence-electron chi connectivity index (χ3n) is 4.09. The molecule has 0 aliphatic carbocycles. The topological polar surface area (TPSA) is 49.4 Å². The van der Waals surface area contributed by atoms with Gasteiger partial charge in [-0.3, -0.25) is 0 Å². The molecule has 0 saturated carbocycles. The molecule has 0 aromatic heterocycles. The lowest BCUT2D eigenvalue weighted by atomic mass is 10.0. The Hall–Kier alpha value is -0.910. The van der Waals surface area contributed by atoms with Crippen LogP contribution in [0.15, 0.2) is 29.2 Å². The molecule has 0 spiro atoms. The fourth-order valence-corrected chi connectivity index (χ4v) is 4.28. The molecular formula is C16H26N2O2S. The SMILES string of the molecule is CCNCc1cccc(S(=O)(=O)N2CCCC(C)CC2)c1. The molecule has 118 valence electrons. The van der Waals surface area contributed by atoms with Gasteiger partial charge >= 0.3 is 0 Å². The molecule has 0 amide bonds. The van der Waals surface area contributed by atoms with Gasteiger partial charge in [0.1, 0.15) is 0 Å². The number of hydrogen-bond donors (Lipinski definition) is 1. The van der Waals surface area contributed by atoms with Crippen LogP contribution < -0.4 is 5.32 Å². The molecule has 1 N–H and O–H groups in total. The third kappa shape index (κ3) is 4.28. The predicted octanol–water partition coefficient (Wildman–Crippen LogP) is 2.61. The van der Waals surface area contributed by atoms with Crippen LogP contribution in [-0.4, -0.2) is 32.4 Å². The summed E-state index contributed by atoms with van der Waals surface area (Å²) in [5, 5.41) is 3.23. The van der Waals surface area contributed by atoms with E-state index in [9.17, 15) is 8.42 Å². The van der Waals surface area contributed by atoms with Gasteiger partial charge in [0, 0.05) is 19.6 Å². The van der Waals surface area contributed by atoms with Gasteiger partial charge in [-0.15, -0.1) is 0 Å². The molecule has 1 fully saturated rings. The molecule has 21 heavy (non-hydrogen) atoms. The van der Waals surface area contributed by atoms with Crippen molar-refractivity contribution in [3.8, 4) is 0 Å². The maximum Gasteiger partial charge on any atom is 0.243 e. The van der Waals surface area contributed by atoms with Crippen LogP contribution >= 0.6 is 0 Å². The number of rotatable bonds is 5. The molecule has 2 rings (SSSR count). The van der Waals surface area contributed by atoms with Gasteiger partial charge in [-0.25, -0.2) is 8.42 Å². The molecule has 4 nitrogen and oxygen atoms in total. The molecule has 1 atom stereocenters. The quantitative estimate of drug-likeness (QED) is 0.909. The Kier molecular flexibility index (Phi) is 5.79. The van der Waals surface area contributed by atoms with E-state index >= 15 is 0 Å². The molecule has 1 saturated heterocycles. The van der Waals surface area contributed by atoms with Crippen LogP contribution in [0, 0.1) is 5.92 Å². The van der Waals surface area contributed by atoms with Crippen molar-refractivity contribution in [3.05, 3.63) is 29.8 Å². The average Bonchev–Trinajstić information content (AvgIpc) is 2.70. The van der Waals surface area contributed by atoms with Gasteiger partial charge in [0.05, 0.1) is 4.90 Å². The standard InChI is InChI=1S/C16H26N2O2S/c1-3-17-13-15-7-4-8-16(12-15)21(19,20)18-10-5-6-14(2)9-11-18/h4,7-8,12,14,17H,3,5-6,9-11,13H2,1-2H3. The molecule has 1 aromatic rings. The fourth-order valence-electron chi connectivity index (χ4n) is 2.71. The summed E-state index contributed by atoms with van der Waals surface area (Å²) in [6.07, 6.45) is 3.03. The van der Waals surface area contributed by atoms with Gasteiger partial charge in [0.15, 0.2) is 0 Å². The lowest BCUT2D eigenvalue weighted by Gasteiger charge is -2.20. The first kappa shape index (κ1) is 16.5. The van der Waals surface area contributed by atoms with E-state index in [0.29, 0.717) is 30.4 Å². The molecule has 0 bridgehead atoms. The highest BCUT2D eigenvalue weighted by Gasteiger charge is 2.26. The van der Waals surface area contributed by atoms with Crippen LogP contribution in [0.2, 0.25) is 0 Å². The zero-order valence-corrected chi connectivity index (χ0v) is 13.8. The second kappa shape index (κ2) is 7.38. The summed E-state index contributed by atoms with van der Waals surface area (Å²) in [7, 11) is -3.35. The van der Waals surface area contributed by atoms with Gasteiger partial charge in [0.2, 0.25) is 10.0 Å². The van der Waals surface area contributed by atoms with Crippen molar-refractivity contribution >= 4 is 10.0 Å². The number of nitrogens with one attached hydrogen (secondary N) is 1. The smallest absolute Gasteiger partial charge is 0.243 e. The lowest BCUT2D eigenvalue weighted by molar-refractivity contribution is 0.416. The zero-order valence-electron chi connectivity index (χ0n) is 13.0. The second-order valence-corrected chi connectivity index (χ2v) is 7.81. The van der Waals surface area contributed by atoms with Gasteiger partial charge in [-0.1, -0.05) is 26.0 Å². The summed E-state index contributed by atoms with van der Waals surface area (Å²) < 4.78 is 27.2. The van der Waals surface area contributed by atoms with E-state index < -0.39 is 10.0 Å². The van der Waals surface area contributed by atoms with Crippen molar-refractivity contribution in [2.75, 3.05) is 19.6 Å². The first-order valence-corrected chi connectivity index (χ1v) is 9.28. The number of benzene rings is 1. The molecule has 0 radical (unpaired) electrons. The van der Waals surface area contributed by atoms with Gasteiger partial charge < -0.3 is 5.32 Å². The Bertz CT molecular complexity index is 557. The largest absolute Gasteiger partial charge is 0.313 e. The Labute approximate surface area is 128 Å². The lowest BCUT2D eigenvalue weighted by Crippen LogP contribution is -2.32. The van der Waals surface area contributed by atoms with E-state index in [4.69, 9.17) is 0 Å². The molecular weight excluding hydrogens is 284 g/mol. The van der Waals surface area contributed by atoms with Gasteiger partial charge in [-0.05, 0) is 49.4 Å². The van der Waals surface area contributed by atoms with Crippen molar-refractivity contribution in [2.45, 2.75) is 44.6 Å². The number of nitrogens with zero attached hydrogens (tertiary/aromatic N) is 1. The first-order valence-electron chi connectivity index (χ1n) is 7.84. The Morgan fingerprint density at radius 2 is 2.10 bits per heavy atom. The van der Waals surface area contributed by atoms with E-state index in [1.807, 2.05) is 19.1 Å². The highest BCUT2D eigenvalue weighted by Crippen LogP contribution is 2.23. The van der Waals surface area contributed by atoms with E-state index in [2.05, 4.69) is 12.2 Å². The van der Waals surface area contributed by atoms with Gasteiger partial charge in [0.25, 0.3) is 0 Å². The summed E-state index contributed by atoms with van der Waals surface area (Å²) >= 11 is 0. The van der Waals surface area contributed by atoms with E-state index in [1.54, 1.807) is 16.4 Å². The van der Waals surface area contributed by atoms with Crippen molar-refractivity contribution < 1.29 is 8.42 Å². The van der Waals surface area contributed by atoms with Crippen LogP contribution in [0.4, 0.5) is 0 Å². The normalized spacial score (nSPS) is 21.1. The molecule has 1 heterocycles. The first-order chi connectivity index (χ1) is 10.0. The van der Waals surface area contributed by atoms with Crippen molar-refractivity contribution in [3.63, 3.8) is 0 Å². The average molecular weight is 310 g/mol. The number of hydrogen-bond acceptors (Lipinski definition) is 3. The fraction of sp³-hybridized carbons (Fsp3) is 0.625. The minimum Gasteiger partial charge on any atom is -0.313 e. The predicted molar refractivity (Wildman–Crippen MR) is 85.6 cm³/mol. The Morgan fingerprint density at radius 3 is 2.86 bits per heavy atom. The van der Waals surface area contributed by atoms with Crippen molar-refractivity contribution in [2.24, 2.45) is 5.92 Å². The molecule has 5 heteroatoms. The second-order valence-electron chi connectivity index (χ2n) is 5.87. The highest BCUT2D eigenvalue weighted by molar-refractivity contribution is 7.89. The maximum atomic E-state index is 12.8. The monoisotopic (exact) mass is 310 g/mol. The minimum absolute atomic E-state index is 0.424. The van der Waals surface area contributed by atoms with E-state index in [1.165, 1.54) is 0 Å². The molecule has 1 aliphatic heterocycles. The zero-order chi connectivity index (χ0) is 15.3. The maximum absolute atomic E-state index is 12.8. The van der Waals surface area contributed by atoms with E-state index in [-0.39, 0.29) is 0 Å². The summed E-state index contributed by atoms with van der Waals surface area (Å²) in [5.41, 5.74) is 1.01. The molecule has 1 aromatic carbocycles. The minimum atomic E-state index is -3.35. The van der Waals surface area contributed by atoms with E-state index in [0.717, 1.165) is 31.4 Å². The van der Waals surface area contributed by atoms with Gasteiger partial charge in [-0.2, -0.15) is 4.31 Å². The summed E-state index contributed by atoms with van der Waals surface area (Å²) in [6, 6.07) is 7.30. The van der Waals surface area contributed by atoms with Crippen molar-refractivity contribution in [1.29, 1.82) is 0 Å². The van der Waals surface area contributed by atoms with Crippen LogP contribution in [0.3, 0.4) is 0 Å². The van der Waals surface area contributed by atoms with Crippen LogP contribution in [0.1, 0.15) is 38.7 Å². The van der Waals surface area contributed by atoms with Crippen molar-refractivity contribution in [1.82, 2.24) is 9.62 Å². The third-order valence-corrected chi connectivity index (χ3v) is 5.99. The van der Waals surface area contributed by atoms with Crippen LogP contribution in [0.5, 0.6) is 0 Å². The summed E-state index contributed by atoms with van der Waals surface area (Å²) in [4.78, 5) is 0.424. The summed E-state index contributed by atoms with van der Waals surface area (Å²) in [5.74, 6) is 0.616. The number of sulfonamides is 1. The van der Waals surface area contributed by atoms with Crippen LogP contribution in [0.25, 0.3) is 0 Å².